The molecule has 16 heavy (non-hydrogen) atoms. The highest BCUT2D eigenvalue weighted by atomic mass is 79.9. The largest absolute Gasteiger partial charge is 0.477 e. The second kappa shape index (κ2) is 3.08. The van der Waals surface area contributed by atoms with Crippen LogP contribution in [-0.2, 0) is 0 Å². The first-order valence-electron chi connectivity index (χ1n) is 4.55. The molecule has 0 aliphatic rings. The average Bonchev–Trinajstić information content (AvgIpc) is 2.73. The first kappa shape index (κ1) is 9.41. The molecule has 5 nitrogen and oxygen atoms in total. The molecule has 1 aromatic carbocycles. The van der Waals surface area contributed by atoms with E-state index in [1.807, 2.05) is 18.2 Å². The van der Waals surface area contributed by atoms with Gasteiger partial charge in [0.2, 0.25) is 5.78 Å². The normalized spacial score (nSPS) is 11.3. The van der Waals surface area contributed by atoms with Gasteiger partial charge in [0.15, 0.2) is 0 Å². The fraction of sp³-hybridized carbons (Fsp3) is 0. The number of carboxylic acids is 1. The summed E-state index contributed by atoms with van der Waals surface area (Å²) in [6.07, 6.45) is 1.53. The van der Waals surface area contributed by atoms with Crippen molar-refractivity contribution in [1.29, 1.82) is 0 Å². The van der Waals surface area contributed by atoms with E-state index in [0.717, 1.165) is 15.5 Å². The van der Waals surface area contributed by atoms with Crippen LogP contribution in [-0.4, -0.2) is 25.4 Å². The summed E-state index contributed by atoms with van der Waals surface area (Å²) in [6, 6.07) is 5.67. The van der Waals surface area contributed by atoms with Crippen LogP contribution in [0, 0.1) is 0 Å². The standard InChI is InChI=1S/C10H6BrN3O2/c11-5-1-2-8-6(3-5)12-10-13-7(9(15)16)4-14(8)10/h1-4H,(H,12,13)(H,15,16). The topological polar surface area (TPSA) is 70.4 Å². The molecule has 0 amide bonds. The van der Waals surface area contributed by atoms with E-state index in [9.17, 15) is 4.79 Å². The zero-order valence-electron chi connectivity index (χ0n) is 7.94. The number of benzene rings is 1. The average molecular weight is 280 g/mol. The third-order valence-corrected chi connectivity index (χ3v) is 2.88. The van der Waals surface area contributed by atoms with E-state index in [-0.39, 0.29) is 5.69 Å². The minimum Gasteiger partial charge on any atom is -0.477 e. The molecule has 0 spiro atoms. The van der Waals surface area contributed by atoms with Crippen LogP contribution in [0.1, 0.15) is 10.5 Å². The number of hydrogen-bond acceptors (Lipinski definition) is 2. The van der Waals surface area contributed by atoms with Crippen LogP contribution in [0.15, 0.2) is 28.9 Å². The fourth-order valence-corrected chi connectivity index (χ4v) is 2.03. The lowest BCUT2D eigenvalue weighted by atomic mass is 10.3. The van der Waals surface area contributed by atoms with Crippen molar-refractivity contribution < 1.29 is 9.90 Å². The molecule has 0 atom stereocenters. The second-order valence-corrected chi connectivity index (χ2v) is 4.33. The van der Waals surface area contributed by atoms with E-state index < -0.39 is 5.97 Å². The second-order valence-electron chi connectivity index (χ2n) is 3.41. The van der Waals surface area contributed by atoms with Crippen LogP contribution in [0.3, 0.4) is 0 Å². The quantitative estimate of drug-likeness (QED) is 0.718. The van der Waals surface area contributed by atoms with Crippen molar-refractivity contribution in [1.82, 2.24) is 14.4 Å². The molecule has 0 fully saturated rings. The Morgan fingerprint density at radius 2 is 2.31 bits per heavy atom. The van der Waals surface area contributed by atoms with Crippen LogP contribution in [0.2, 0.25) is 0 Å². The number of imidazole rings is 2. The van der Waals surface area contributed by atoms with Crippen molar-refractivity contribution in [3.05, 3.63) is 34.6 Å². The number of aromatic amines is 1. The Hall–Kier alpha value is -1.82. The number of hydrogen-bond donors (Lipinski definition) is 2. The van der Waals surface area contributed by atoms with Gasteiger partial charge in [0.25, 0.3) is 0 Å². The first-order chi connectivity index (χ1) is 7.65. The molecule has 0 unspecified atom stereocenters. The zero-order valence-corrected chi connectivity index (χ0v) is 9.52. The van der Waals surface area contributed by atoms with Crippen LogP contribution >= 0.6 is 15.9 Å². The molecule has 3 rings (SSSR count). The van der Waals surface area contributed by atoms with Crippen molar-refractivity contribution >= 4 is 38.7 Å². The highest BCUT2D eigenvalue weighted by Gasteiger charge is 2.11. The van der Waals surface area contributed by atoms with E-state index in [1.165, 1.54) is 6.20 Å². The number of H-pyrrole nitrogens is 1. The maximum Gasteiger partial charge on any atom is 0.353 e. The van der Waals surface area contributed by atoms with Crippen LogP contribution in [0.25, 0.3) is 16.8 Å². The number of halogens is 1. The molecule has 3 aromatic rings. The number of aromatic carboxylic acids is 1. The molecule has 2 N–H and O–H groups in total. The van der Waals surface area contributed by atoms with Crippen molar-refractivity contribution in [2.75, 3.05) is 0 Å². The SMILES string of the molecule is O=C(O)c1cn2c(nc3cc(Br)ccc32)[nH]1. The Balaban J connectivity index is 2.38. The highest BCUT2D eigenvalue weighted by molar-refractivity contribution is 9.10. The van der Waals surface area contributed by atoms with E-state index >= 15 is 0 Å². The number of nitrogens with one attached hydrogen (secondary N) is 1. The molecule has 0 aliphatic carbocycles. The number of aromatic nitrogens is 3. The summed E-state index contributed by atoms with van der Waals surface area (Å²) in [5, 5.41) is 8.84. The van der Waals surface area contributed by atoms with Gasteiger partial charge in [0.1, 0.15) is 5.69 Å². The lowest BCUT2D eigenvalue weighted by Gasteiger charge is -1.91. The van der Waals surface area contributed by atoms with E-state index in [0.29, 0.717) is 5.78 Å². The maximum atomic E-state index is 10.8. The monoisotopic (exact) mass is 279 g/mol. The molecular weight excluding hydrogens is 274 g/mol. The minimum atomic E-state index is -0.990. The van der Waals surface area contributed by atoms with E-state index in [4.69, 9.17) is 5.11 Å². The minimum absolute atomic E-state index is 0.132. The van der Waals surface area contributed by atoms with Gasteiger partial charge in [-0.25, -0.2) is 9.78 Å². The van der Waals surface area contributed by atoms with Crippen LogP contribution < -0.4 is 0 Å². The summed E-state index contributed by atoms with van der Waals surface area (Å²) in [5.74, 6) is -0.457. The molecule has 80 valence electrons. The number of carboxylic acid groups (broad SMARTS) is 1. The van der Waals surface area contributed by atoms with E-state index in [1.54, 1.807) is 4.40 Å². The number of fused-ring (bicyclic) bond motifs is 3. The van der Waals surface area contributed by atoms with Crippen LogP contribution in [0.5, 0.6) is 0 Å². The summed E-state index contributed by atoms with van der Waals surface area (Å²) >= 11 is 3.36. The van der Waals surface area contributed by atoms with Gasteiger partial charge in [-0.3, -0.25) is 4.40 Å². The maximum absolute atomic E-state index is 10.8. The Morgan fingerprint density at radius 1 is 1.50 bits per heavy atom. The highest BCUT2D eigenvalue weighted by Crippen LogP contribution is 2.21. The van der Waals surface area contributed by atoms with Gasteiger partial charge in [-0.05, 0) is 18.2 Å². The Labute approximate surface area is 97.8 Å². The van der Waals surface area contributed by atoms with Crippen molar-refractivity contribution in [3.8, 4) is 0 Å². The third kappa shape index (κ3) is 1.23. The fourth-order valence-electron chi connectivity index (χ4n) is 1.68. The van der Waals surface area contributed by atoms with Crippen molar-refractivity contribution in [2.24, 2.45) is 0 Å². The van der Waals surface area contributed by atoms with Gasteiger partial charge in [0.05, 0.1) is 11.0 Å². The van der Waals surface area contributed by atoms with Crippen molar-refractivity contribution in [3.63, 3.8) is 0 Å². The molecule has 0 saturated carbocycles. The lowest BCUT2D eigenvalue weighted by Crippen LogP contribution is -1.95. The predicted octanol–water partition coefficient (Wildman–Crippen LogP) is 2.28. The van der Waals surface area contributed by atoms with Gasteiger partial charge in [-0.15, -0.1) is 0 Å². The number of rotatable bonds is 1. The zero-order chi connectivity index (χ0) is 11.3. The van der Waals surface area contributed by atoms with E-state index in [2.05, 4.69) is 25.9 Å². The Kier molecular flexibility index (Phi) is 1.81. The summed E-state index contributed by atoms with van der Waals surface area (Å²) < 4.78 is 2.67. The molecule has 2 aromatic heterocycles. The Morgan fingerprint density at radius 3 is 3.06 bits per heavy atom. The summed E-state index contributed by atoms with van der Waals surface area (Å²) in [6.45, 7) is 0. The molecule has 0 saturated heterocycles. The summed E-state index contributed by atoms with van der Waals surface area (Å²) in [4.78, 5) is 17.8. The molecule has 2 heterocycles. The van der Waals surface area contributed by atoms with Gasteiger partial charge in [0, 0.05) is 10.7 Å². The van der Waals surface area contributed by atoms with Crippen LogP contribution in [0.4, 0.5) is 0 Å². The summed E-state index contributed by atoms with van der Waals surface area (Å²) in [5.41, 5.74) is 1.83. The third-order valence-electron chi connectivity index (χ3n) is 2.39. The summed E-state index contributed by atoms with van der Waals surface area (Å²) in [7, 11) is 0. The first-order valence-corrected chi connectivity index (χ1v) is 5.34. The number of nitrogens with zero attached hydrogens (tertiary/aromatic N) is 2. The predicted molar refractivity (Wildman–Crippen MR) is 61.7 cm³/mol. The molecular formula is C10H6BrN3O2. The van der Waals surface area contributed by atoms with Gasteiger partial charge >= 0.3 is 5.97 Å². The van der Waals surface area contributed by atoms with Gasteiger partial charge in [-0.1, -0.05) is 15.9 Å². The molecule has 6 heteroatoms. The lowest BCUT2D eigenvalue weighted by molar-refractivity contribution is 0.0691. The van der Waals surface area contributed by atoms with Gasteiger partial charge in [-0.2, -0.15) is 0 Å². The van der Waals surface area contributed by atoms with Crippen molar-refractivity contribution in [2.45, 2.75) is 0 Å². The molecule has 0 bridgehead atoms. The molecule has 0 aliphatic heterocycles. The Bertz CT molecular complexity index is 713. The smallest absolute Gasteiger partial charge is 0.353 e. The molecule has 0 radical (unpaired) electrons. The van der Waals surface area contributed by atoms with Gasteiger partial charge < -0.3 is 10.1 Å². The number of carbonyl (C=O) groups is 1.